The van der Waals surface area contributed by atoms with Crippen LogP contribution in [-0.2, 0) is 9.47 Å². The molecule has 0 saturated carbocycles. The van der Waals surface area contributed by atoms with Crippen molar-refractivity contribution in [3.05, 3.63) is 23.2 Å². The van der Waals surface area contributed by atoms with Crippen LogP contribution in [0.15, 0.2) is 23.2 Å². The Hall–Kier alpha value is -1.70. The second kappa shape index (κ2) is 11.9. The van der Waals surface area contributed by atoms with Gasteiger partial charge in [-0.15, -0.1) is 0 Å². The molecule has 0 spiro atoms. The Labute approximate surface area is 167 Å². The van der Waals surface area contributed by atoms with Gasteiger partial charge in [-0.05, 0) is 31.5 Å². The lowest BCUT2D eigenvalue weighted by Crippen LogP contribution is -2.44. The lowest BCUT2D eigenvalue weighted by molar-refractivity contribution is 0.0748. The fourth-order valence-corrected chi connectivity index (χ4v) is 3.15. The highest BCUT2D eigenvalue weighted by Gasteiger charge is 2.25. The highest BCUT2D eigenvalue weighted by molar-refractivity contribution is 6.30. The van der Waals surface area contributed by atoms with E-state index in [4.69, 9.17) is 25.8 Å². The van der Waals surface area contributed by atoms with Gasteiger partial charge in [-0.25, -0.2) is 0 Å². The van der Waals surface area contributed by atoms with Gasteiger partial charge < -0.3 is 29.7 Å². The molecule has 2 rings (SSSR count). The number of rotatable bonds is 10. The molecule has 7 nitrogen and oxygen atoms in total. The smallest absolute Gasteiger partial charge is 0.191 e. The third kappa shape index (κ3) is 7.08. The molecule has 1 atom stereocenters. The Balaban J connectivity index is 1.88. The van der Waals surface area contributed by atoms with Crippen LogP contribution in [0.2, 0.25) is 5.02 Å². The van der Waals surface area contributed by atoms with E-state index >= 15 is 0 Å². The van der Waals surface area contributed by atoms with Crippen LogP contribution < -0.4 is 20.3 Å². The van der Waals surface area contributed by atoms with Crippen molar-refractivity contribution in [3.63, 3.8) is 0 Å². The summed E-state index contributed by atoms with van der Waals surface area (Å²) in [6.07, 6.45) is 1.02. The zero-order valence-electron chi connectivity index (χ0n) is 16.5. The number of nitrogens with zero attached hydrogens (tertiary/aromatic N) is 2. The van der Waals surface area contributed by atoms with Crippen LogP contribution >= 0.6 is 11.6 Å². The molecule has 1 saturated heterocycles. The molecular formula is C19H31ClN4O3. The second-order valence-electron chi connectivity index (χ2n) is 6.26. The van der Waals surface area contributed by atoms with Gasteiger partial charge in [0.2, 0.25) is 0 Å². The number of nitrogens with one attached hydrogen (secondary N) is 2. The number of guanidine groups is 1. The zero-order chi connectivity index (χ0) is 19.5. The topological polar surface area (TPSA) is 67.4 Å². The average molecular weight is 399 g/mol. The van der Waals surface area contributed by atoms with E-state index in [2.05, 4.69) is 27.4 Å². The molecule has 1 aliphatic rings. The minimum atomic E-state index is 0.306. The maximum absolute atomic E-state index is 6.17. The summed E-state index contributed by atoms with van der Waals surface area (Å²) in [6, 6.07) is 6.02. The van der Waals surface area contributed by atoms with Crippen molar-refractivity contribution in [2.45, 2.75) is 19.4 Å². The van der Waals surface area contributed by atoms with Crippen LogP contribution in [0.25, 0.3) is 0 Å². The number of halogens is 1. The monoisotopic (exact) mass is 398 g/mol. The maximum atomic E-state index is 6.17. The van der Waals surface area contributed by atoms with E-state index in [1.54, 1.807) is 14.2 Å². The number of hydrogen-bond acceptors (Lipinski definition) is 5. The Kier molecular flexibility index (Phi) is 9.52. The van der Waals surface area contributed by atoms with E-state index < -0.39 is 0 Å². The van der Waals surface area contributed by atoms with E-state index in [-0.39, 0.29) is 0 Å². The molecule has 8 heteroatoms. The first-order chi connectivity index (χ1) is 13.2. The standard InChI is InChI=1S/C19H31ClN4O3/c1-4-21-19(22-8-10-27-12-11-25-2)23-16-7-9-24(14-16)17-13-15(20)5-6-18(17)26-3/h5-6,13,16H,4,7-12,14H2,1-3H3,(H2,21,22,23). The summed E-state index contributed by atoms with van der Waals surface area (Å²) in [6.45, 7) is 7.06. The third-order valence-electron chi connectivity index (χ3n) is 4.29. The summed E-state index contributed by atoms with van der Waals surface area (Å²) in [5.41, 5.74) is 1.03. The molecule has 0 amide bonds. The van der Waals surface area contributed by atoms with Gasteiger partial charge in [-0.3, -0.25) is 4.99 Å². The molecule has 152 valence electrons. The number of benzene rings is 1. The van der Waals surface area contributed by atoms with Crippen molar-refractivity contribution in [2.75, 3.05) is 65.1 Å². The normalized spacial score (nSPS) is 17.3. The van der Waals surface area contributed by atoms with Crippen molar-refractivity contribution in [3.8, 4) is 5.75 Å². The van der Waals surface area contributed by atoms with Crippen molar-refractivity contribution in [1.29, 1.82) is 0 Å². The second-order valence-corrected chi connectivity index (χ2v) is 6.69. The Morgan fingerprint density at radius 3 is 2.89 bits per heavy atom. The molecule has 0 aliphatic carbocycles. The summed E-state index contributed by atoms with van der Waals surface area (Å²) >= 11 is 6.17. The fourth-order valence-electron chi connectivity index (χ4n) is 2.99. The molecule has 27 heavy (non-hydrogen) atoms. The van der Waals surface area contributed by atoms with Gasteiger partial charge in [-0.1, -0.05) is 11.6 Å². The van der Waals surface area contributed by atoms with Crippen molar-refractivity contribution >= 4 is 23.2 Å². The lowest BCUT2D eigenvalue weighted by Gasteiger charge is -2.22. The molecule has 2 N–H and O–H groups in total. The van der Waals surface area contributed by atoms with Gasteiger partial charge >= 0.3 is 0 Å². The molecule has 1 aromatic carbocycles. The Morgan fingerprint density at radius 2 is 2.15 bits per heavy atom. The number of hydrogen-bond donors (Lipinski definition) is 2. The van der Waals surface area contributed by atoms with Gasteiger partial charge in [0.15, 0.2) is 5.96 Å². The maximum Gasteiger partial charge on any atom is 0.191 e. The minimum absolute atomic E-state index is 0.306. The van der Waals surface area contributed by atoms with Crippen molar-refractivity contribution < 1.29 is 14.2 Å². The lowest BCUT2D eigenvalue weighted by atomic mass is 10.2. The van der Waals surface area contributed by atoms with Crippen LogP contribution in [0, 0.1) is 0 Å². The fraction of sp³-hybridized carbons (Fsp3) is 0.632. The van der Waals surface area contributed by atoms with E-state index in [0.717, 1.165) is 43.5 Å². The van der Waals surface area contributed by atoms with Gasteiger partial charge in [0.05, 0.1) is 39.2 Å². The first-order valence-electron chi connectivity index (χ1n) is 9.38. The van der Waals surface area contributed by atoms with Crippen LogP contribution in [0.4, 0.5) is 5.69 Å². The SMILES string of the molecule is CCNC(=NCCOCCOC)NC1CCN(c2cc(Cl)ccc2OC)C1. The van der Waals surface area contributed by atoms with Crippen molar-refractivity contribution in [2.24, 2.45) is 4.99 Å². The molecular weight excluding hydrogens is 368 g/mol. The average Bonchev–Trinajstić information content (AvgIpc) is 3.13. The number of ether oxygens (including phenoxy) is 3. The third-order valence-corrected chi connectivity index (χ3v) is 4.53. The predicted octanol–water partition coefficient (Wildman–Crippen LogP) is 2.15. The van der Waals surface area contributed by atoms with Gasteiger partial charge in [0, 0.05) is 37.8 Å². The molecule has 1 aliphatic heterocycles. The highest BCUT2D eigenvalue weighted by Crippen LogP contribution is 2.33. The van der Waals surface area contributed by atoms with Gasteiger partial charge in [0.1, 0.15) is 5.75 Å². The number of methoxy groups -OCH3 is 2. The first kappa shape index (κ1) is 21.6. The van der Waals surface area contributed by atoms with E-state index in [1.165, 1.54) is 0 Å². The van der Waals surface area contributed by atoms with Gasteiger partial charge in [-0.2, -0.15) is 0 Å². The highest BCUT2D eigenvalue weighted by atomic mass is 35.5. The first-order valence-corrected chi connectivity index (χ1v) is 9.75. The van der Waals surface area contributed by atoms with Crippen LogP contribution in [0.5, 0.6) is 5.75 Å². The zero-order valence-corrected chi connectivity index (χ0v) is 17.2. The Bertz CT molecular complexity index is 600. The predicted molar refractivity (Wildman–Crippen MR) is 110 cm³/mol. The van der Waals surface area contributed by atoms with Crippen molar-refractivity contribution in [1.82, 2.24) is 10.6 Å². The molecule has 0 aromatic heterocycles. The molecule has 1 unspecified atom stereocenters. The van der Waals surface area contributed by atoms with Gasteiger partial charge in [0.25, 0.3) is 0 Å². The largest absolute Gasteiger partial charge is 0.495 e. The molecule has 0 radical (unpaired) electrons. The van der Waals surface area contributed by atoms with E-state index in [9.17, 15) is 0 Å². The molecule has 1 aromatic rings. The van der Waals surface area contributed by atoms with E-state index in [0.29, 0.717) is 37.4 Å². The Morgan fingerprint density at radius 1 is 1.30 bits per heavy atom. The van der Waals surface area contributed by atoms with Crippen LogP contribution in [0.3, 0.4) is 0 Å². The molecule has 1 fully saturated rings. The summed E-state index contributed by atoms with van der Waals surface area (Å²) < 4.78 is 15.9. The van der Waals surface area contributed by atoms with Crippen LogP contribution in [-0.4, -0.2) is 72.2 Å². The molecule has 0 bridgehead atoms. The number of aliphatic imine (C=N–C) groups is 1. The summed E-state index contributed by atoms with van der Waals surface area (Å²) in [4.78, 5) is 6.88. The quantitative estimate of drug-likeness (QED) is 0.357. The summed E-state index contributed by atoms with van der Waals surface area (Å²) in [5.74, 6) is 1.66. The summed E-state index contributed by atoms with van der Waals surface area (Å²) in [5, 5.41) is 7.52. The summed E-state index contributed by atoms with van der Waals surface area (Å²) in [7, 11) is 3.35. The van der Waals surface area contributed by atoms with Crippen LogP contribution in [0.1, 0.15) is 13.3 Å². The number of anilines is 1. The van der Waals surface area contributed by atoms with E-state index in [1.807, 2.05) is 18.2 Å². The molecule has 1 heterocycles. The minimum Gasteiger partial charge on any atom is -0.495 e.